The van der Waals surface area contributed by atoms with Gasteiger partial charge >= 0.3 is 12.4 Å². The number of hydrogen-bond donors (Lipinski definition) is 1. The van der Waals surface area contributed by atoms with E-state index < -0.39 is 49.9 Å². The average molecular weight is 647 g/mol. The highest BCUT2D eigenvalue weighted by molar-refractivity contribution is 7.99. The van der Waals surface area contributed by atoms with Crippen LogP contribution in [0.3, 0.4) is 0 Å². The van der Waals surface area contributed by atoms with Crippen LogP contribution in [-0.4, -0.2) is 52.6 Å². The zero-order chi connectivity index (χ0) is 31.4. The summed E-state index contributed by atoms with van der Waals surface area (Å²) >= 11 is 0.381. The third-order valence-electron chi connectivity index (χ3n) is 6.16. The highest BCUT2D eigenvalue weighted by Crippen LogP contribution is 2.48. The van der Waals surface area contributed by atoms with Crippen LogP contribution >= 0.6 is 11.8 Å². The fourth-order valence-corrected chi connectivity index (χ4v) is 6.32. The summed E-state index contributed by atoms with van der Waals surface area (Å²) < 4.78 is 123. The second-order valence-electron chi connectivity index (χ2n) is 9.08. The van der Waals surface area contributed by atoms with Gasteiger partial charge in [0.25, 0.3) is 10.0 Å². The van der Waals surface area contributed by atoms with E-state index in [1.807, 2.05) is 0 Å². The Morgan fingerprint density at radius 1 is 0.953 bits per heavy atom. The lowest BCUT2D eigenvalue weighted by Crippen LogP contribution is -2.39. The lowest BCUT2D eigenvalue weighted by atomic mass is 9.99. The van der Waals surface area contributed by atoms with Gasteiger partial charge in [0.15, 0.2) is 0 Å². The minimum Gasteiger partial charge on any atom is -0.497 e. The number of nitrogens with one attached hydrogen (secondary N) is 1. The number of methoxy groups -OCH3 is 1. The largest absolute Gasteiger partial charge is 0.497 e. The summed E-state index contributed by atoms with van der Waals surface area (Å²) in [6, 6.07) is 12.5. The Hall–Kier alpha value is -3.69. The molecule has 1 heterocycles. The van der Waals surface area contributed by atoms with E-state index in [0.29, 0.717) is 11.8 Å². The number of nitrogens with zero attached hydrogens (tertiary/aromatic N) is 1. The zero-order valence-electron chi connectivity index (χ0n) is 22.3. The van der Waals surface area contributed by atoms with Gasteiger partial charge in [-0.1, -0.05) is 30.0 Å². The molecule has 43 heavy (non-hydrogen) atoms. The number of alkyl halides is 6. The Balaban J connectivity index is 1.68. The zero-order valence-corrected chi connectivity index (χ0v) is 24.0. The Kier molecular flexibility index (Phi) is 9.66. The van der Waals surface area contributed by atoms with Crippen LogP contribution in [0.15, 0.2) is 81.4 Å². The van der Waals surface area contributed by atoms with Crippen LogP contribution in [0, 0.1) is 0 Å². The maximum atomic E-state index is 14.2. The Morgan fingerprint density at radius 2 is 1.63 bits per heavy atom. The van der Waals surface area contributed by atoms with Crippen LogP contribution in [-0.2, 0) is 31.9 Å². The monoisotopic (exact) mass is 646 g/mol. The van der Waals surface area contributed by atoms with Gasteiger partial charge in [-0.25, -0.2) is 8.42 Å². The van der Waals surface area contributed by atoms with Crippen LogP contribution in [0.4, 0.5) is 32.0 Å². The summed E-state index contributed by atoms with van der Waals surface area (Å²) in [6.45, 7) is 0.878. The number of benzene rings is 3. The first-order chi connectivity index (χ1) is 20.2. The summed E-state index contributed by atoms with van der Waals surface area (Å²) in [6.07, 6.45) is -9.31. The van der Waals surface area contributed by atoms with E-state index in [1.54, 1.807) is 0 Å². The minimum absolute atomic E-state index is 0.0291. The van der Waals surface area contributed by atoms with E-state index in [0.717, 1.165) is 24.3 Å². The third-order valence-corrected chi connectivity index (χ3v) is 8.59. The van der Waals surface area contributed by atoms with Crippen LogP contribution in [0.5, 0.6) is 5.75 Å². The lowest BCUT2D eigenvalue weighted by molar-refractivity contribution is -0.163. The number of sulfonamides is 1. The van der Waals surface area contributed by atoms with Crippen molar-refractivity contribution in [2.24, 2.45) is 0 Å². The number of hydrogen-bond acceptors (Lipinski definition) is 6. The molecule has 1 saturated heterocycles. The molecule has 1 N–H and O–H groups in total. The number of anilines is 1. The highest BCUT2D eigenvalue weighted by Gasteiger charge is 2.46. The van der Waals surface area contributed by atoms with Crippen molar-refractivity contribution in [2.75, 3.05) is 38.1 Å². The van der Waals surface area contributed by atoms with Crippen LogP contribution < -0.4 is 9.46 Å². The first-order valence-corrected chi connectivity index (χ1v) is 14.8. The van der Waals surface area contributed by atoms with Gasteiger partial charge in [0.05, 0.1) is 36.3 Å². The molecule has 0 radical (unpaired) electrons. The number of morpholine rings is 1. The molecular formula is C28H24F6N2O5S2. The van der Waals surface area contributed by atoms with Crippen molar-refractivity contribution in [3.05, 3.63) is 83.4 Å². The second kappa shape index (κ2) is 12.9. The van der Waals surface area contributed by atoms with E-state index in [2.05, 4.69) is 4.72 Å². The van der Waals surface area contributed by atoms with Crippen molar-refractivity contribution in [3.8, 4) is 5.75 Å². The lowest BCUT2D eigenvalue weighted by Gasteiger charge is -2.25. The maximum absolute atomic E-state index is 14.2. The molecule has 1 fully saturated rings. The third kappa shape index (κ3) is 8.03. The molecule has 1 aliphatic heterocycles. The van der Waals surface area contributed by atoms with Crippen molar-refractivity contribution >= 4 is 39.5 Å². The van der Waals surface area contributed by atoms with E-state index in [9.17, 15) is 39.6 Å². The van der Waals surface area contributed by atoms with Crippen LogP contribution in [0.1, 0.15) is 16.7 Å². The Morgan fingerprint density at radius 3 is 2.28 bits per heavy atom. The number of ether oxygens (including phenoxy) is 2. The molecule has 0 bridgehead atoms. The highest BCUT2D eigenvalue weighted by atomic mass is 32.2. The molecule has 0 unspecified atom stereocenters. The van der Waals surface area contributed by atoms with Crippen molar-refractivity contribution in [1.82, 2.24) is 4.90 Å². The molecule has 3 aromatic carbocycles. The molecule has 1 aliphatic rings. The van der Waals surface area contributed by atoms with Crippen molar-refractivity contribution < 1.29 is 49.0 Å². The molecule has 230 valence electrons. The number of carbonyl (C=O) groups excluding carboxylic acids is 1. The number of amides is 1. The summed E-state index contributed by atoms with van der Waals surface area (Å²) in [7, 11) is -2.78. The molecule has 3 aromatic rings. The first-order valence-electron chi connectivity index (χ1n) is 12.5. The van der Waals surface area contributed by atoms with Gasteiger partial charge in [0.2, 0.25) is 5.91 Å². The van der Waals surface area contributed by atoms with E-state index in [4.69, 9.17) is 9.47 Å². The van der Waals surface area contributed by atoms with Gasteiger partial charge in [-0.3, -0.25) is 9.52 Å². The molecule has 1 amide bonds. The number of halogens is 6. The Labute approximate surface area is 247 Å². The van der Waals surface area contributed by atoms with Crippen LogP contribution in [0.25, 0.3) is 6.08 Å². The average Bonchev–Trinajstić information content (AvgIpc) is 2.95. The molecule has 0 atom stereocenters. The topological polar surface area (TPSA) is 84.9 Å². The molecular weight excluding hydrogens is 622 g/mol. The number of carbonyl (C=O) groups is 1. The standard InChI is InChI=1S/C28H24F6N2O5S2/c1-40-20-5-3-7-22(17-20)43(38,39)35-19-4-2-6-21(16-19)42-23-10-8-18(9-11-24(37)36-12-14-41-15-13-36)25(27(29,30)31)26(23)28(32,33)34/h2-11,16-17,35H,12-15H2,1H3. The van der Waals surface area contributed by atoms with Gasteiger partial charge in [-0.15, -0.1) is 0 Å². The van der Waals surface area contributed by atoms with Crippen molar-refractivity contribution in [2.45, 2.75) is 27.0 Å². The fraction of sp³-hybridized carbons (Fsp3) is 0.250. The fourth-order valence-electron chi connectivity index (χ4n) is 4.19. The smallest absolute Gasteiger partial charge is 0.418 e. The van der Waals surface area contributed by atoms with Gasteiger partial charge in [-0.2, -0.15) is 26.3 Å². The molecule has 0 aliphatic carbocycles. The van der Waals surface area contributed by atoms with Gasteiger partial charge in [-0.05, 0) is 48.0 Å². The van der Waals surface area contributed by atoms with E-state index >= 15 is 0 Å². The van der Waals surface area contributed by atoms with Gasteiger partial charge in [0, 0.05) is 40.7 Å². The van der Waals surface area contributed by atoms with E-state index in [1.165, 1.54) is 60.5 Å². The normalized spacial score (nSPS) is 14.6. The molecule has 0 aromatic heterocycles. The molecule has 4 rings (SSSR count). The Bertz CT molecular complexity index is 1620. The SMILES string of the molecule is COc1cccc(S(=O)(=O)Nc2cccc(Sc3ccc(C=CC(=O)N4CCOCC4)c(C(F)(F)F)c3C(F)(F)F)c2)c1. The van der Waals surface area contributed by atoms with Crippen molar-refractivity contribution in [3.63, 3.8) is 0 Å². The maximum Gasteiger partial charge on any atom is 0.418 e. The van der Waals surface area contributed by atoms with Crippen molar-refractivity contribution in [1.29, 1.82) is 0 Å². The summed E-state index contributed by atoms with van der Waals surface area (Å²) in [5, 5.41) is 0. The quantitative estimate of drug-likeness (QED) is 0.221. The van der Waals surface area contributed by atoms with Crippen LogP contribution in [0.2, 0.25) is 0 Å². The summed E-state index contributed by atoms with van der Waals surface area (Å²) in [4.78, 5) is 12.8. The summed E-state index contributed by atoms with van der Waals surface area (Å²) in [5.41, 5.74) is -4.72. The predicted molar refractivity (Wildman–Crippen MR) is 147 cm³/mol. The van der Waals surface area contributed by atoms with E-state index in [-0.39, 0.29) is 47.5 Å². The van der Waals surface area contributed by atoms with Gasteiger partial charge in [0.1, 0.15) is 5.75 Å². The minimum atomic E-state index is -5.42. The first kappa shape index (κ1) is 32.2. The predicted octanol–water partition coefficient (Wildman–Crippen LogP) is 6.56. The molecule has 0 saturated carbocycles. The van der Waals surface area contributed by atoms with Gasteiger partial charge < -0.3 is 14.4 Å². The molecule has 15 heteroatoms. The summed E-state index contributed by atoms with van der Waals surface area (Å²) in [5.74, 6) is -0.382. The second-order valence-corrected chi connectivity index (χ2v) is 11.9. The molecule has 0 spiro atoms. The number of rotatable bonds is 8. The molecule has 7 nitrogen and oxygen atoms in total.